The highest BCUT2D eigenvalue weighted by atomic mass is 16.5. The Hall–Kier alpha value is -4.96. The first-order chi connectivity index (χ1) is 19.5. The number of nitrogens with two attached hydrogens (primary N) is 3. The maximum absolute atomic E-state index is 12.4. The number of hydrogen-bond donors (Lipinski definition) is 4. The van der Waals surface area contributed by atoms with Gasteiger partial charge in [-0.1, -0.05) is 44.0 Å². The third-order valence-corrected chi connectivity index (χ3v) is 6.22. The molecule has 10 heteroatoms. The number of aliphatic hydroxyl groups excluding tert-OH is 1. The molecule has 0 bridgehead atoms. The second-order valence-electron chi connectivity index (χ2n) is 9.50. The van der Waals surface area contributed by atoms with Crippen molar-refractivity contribution in [1.29, 1.82) is 0 Å². The van der Waals surface area contributed by atoms with E-state index in [1.54, 1.807) is 49.4 Å². The molecule has 0 aliphatic heterocycles. The van der Waals surface area contributed by atoms with Gasteiger partial charge in [-0.2, -0.15) is 0 Å². The van der Waals surface area contributed by atoms with E-state index < -0.39 is 5.97 Å². The molecule has 7 N–H and O–H groups in total. The number of allylic oxidation sites excluding steroid dienone is 5. The molecule has 0 aromatic heterocycles. The van der Waals surface area contributed by atoms with E-state index in [2.05, 4.69) is 30.0 Å². The van der Waals surface area contributed by atoms with Gasteiger partial charge in [0.15, 0.2) is 5.78 Å². The van der Waals surface area contributed by atoms with Crippen molar-refractivity contribution in [2.24, 2.45) is 16.0 Å². The van der Waals surface area contributed by atoms with Crippen LogP contribution in [0.2, 0.25) is 0 Å². The molecule has 3 rings (SSSR count). The number of hydrogen-bond acceptors (Lipinski definition) is 10. The molecule has 1 aliphatic rings. The summed E-state index contributed by atoms with van der Waals surface area (Å²) in [5.41, 5.74) is 22.7. The zero-order chi connectivity index (χ0) is 30.1. The number of ketones is 1. The molecule has 0 radical (unpaired) electrons. The number of nitrogens with zero attached hydrogens (tertiary/aromatic N) is 2. The Labute approximate surface area is 239 Å². The highest BCUT2D eigenvalue weighted by molar-refractivity contribution is 6.10. The maximum atomic E-state index is 12.4. The van der Waals surface area contributed by atoms with Gasteiger partial charge in [0.1, 0.15) is 23.7 Å². The van der Waals surface area contributed by atoms with Crippen LogP contribution in [-0.2, 0) is 33.8 Å². The molecule has 2 aromatic rings. The number of benzene rings is 2. The number of azo groups is 1. The van der Waals surface area contributed by atoms with E-state index in [-0.39, 0.29) is 48.1 Å². The number of Topliss-reactive ketones (excluding diaryl/α,β-unsaturated/α-hetero) is 1. The highest BCUT2D eigenvalue weighted by Crippen LogP contribution is 2.37. The molecule has 0 amide bonds. The van der Waals surface area contributed by atoms with Crippen LogP contribution in [0.1, 0.15) is 30.0 Å². The monoisotopic (exact) mass is 557 g/mol. The lowest BCUT2D eigenvalue weighted by Crippen LogP contribution is -2.11. The zero-order valence-corrected chi connectivity index (χ0v) is 23.1. The Balaban J connectivity index is 1.96. The van der Waals surface area contributed by atoms with Gasteiger partial charge < -0.3 is 31.8 Å². The average Bonchev–Trinajstić information content (AvgIpc) is 2.92. The van der Waals surface area contributed by atoms with Crippen LogP contribution in [0.25, 0.3) is 0 Å². The van der Waals surface area contributed by atoms with E-state index in [0.29, 0.717) is 58.8 Å². The van der Waals surface area contributed by atoms with E-state index in [1.807, 2.05) is 0 Å². The fraction of sp³-hybridized carbons (Fsp3) is 0.226. The van der Waals surface area contributed by atoms with Gasteiger partial charge in [-0.15, -0.1) is 10.2 Å². The number of carbonyl (C=O) groups is 2. The lowest BCUT2D eigenvalue weighted by Gasteiger charge is -2.16. The van der Waals surface area contributed by atoms with Crippen molar-refractivity contribution in [3.05, 3.63) is 101 Å². The third kappa shape index (κ3) is 8.02. The Morgan fingerprint density at radius 1 is 1.02 bits per heavy atom. The lowest BCUT2D eigenvalue weighted by molar-refractivity contribution is -0.140. The Morgan fingerprint density at radius 3 is 2.44 bits per heavy atom. The molecule has 0 heterocycles. The van der Waals surface area contributed by atoms with Crippen molar-refractivity contribution in [2.75, 3.05) is 24.6 Å². The summed E-state index contributed by atoms with van der Waals surface area (Å²) in [7, 11) is 0. The molecule has 1 aliphatic carbocycles. The Kier molecular flexibility index (Phi) is 10.4. The molecule has 2 aromatic carbocycles. The number of nitrogen functional groups attached to an aromatic ring is 2. The fourth-order valence-electron chi connectivity index (χ4n) is 3.98. The normalized spacial score (nSPS) is 12.9. The highest BCUT2D eigenvalue weighted by Gasteiger charge is 2.17. The minimum atomic E-state index is -0.521. The molecule has 0 spiro atoms. The molecular weight excluding hydrogens is 522 g/mol. The summed E-state index contributed by atoms with van der Waals surface area (Å²) in [5, 5.41) is 18.2. The summed E-state index contributed by atoms with van der Waals surface area (Å²) in [6, 6.07) is 6.81. The van der Waals surface area contributed by atoms with Crippen molar-refractivity contribution in [3.63, 3.8) is 0 Å². The molecule has 214 valence electrons. The number of rotatable bonds is 13. The van der Waals surface area contributed by atoms with Crippen molar-refractivity contribution in [3.8, 4) is 5.75 Å². The predicted molar refractivity (Wildman–Crippen MR) is 160 cm³/mol. The Bertz CT molecular complexity index is 1490. The molecule has 41 heavy (non-hydrogen) atoms. The van der Waals surface area contributed by atoms with Gasteiger partial charge in [-0.05, 0) is 54.8 Å². The summed E-state index contributed by atoms with van der Waals surface area (Å²) in [6.45, 7) is 12.9. The standard InChI is InChI=1S/C31H35N5O5/c1-18(2)31(39)41-17-24-16-27(40-13-11-21-7-5-6-19(3)30(21)38)26(15-22(24)10-12-32)36-35-25-9-8-23(14-20(4)37)28(33)29(25)34/h5-9,15-16,37H,1,3-4,10-14,17,32-34H2,2H3. The minimum absolute atomic E-state index is 0.0237. The summed E-state index contributed by atoms with van der Waals surface area (Å²) in [6.07, 6.45) is 6.14. The Morgan fingerprint density at radius 2 is 1.76 bits per heavy atom. The van der Waals surface area contributed by atoms with E-state index in [1.165, 1.54) is 0 Å². The van der Waals surface area contributed by atoms with Crippen molar-refractivity contribution < 1.29 is 24.2 Å². The van der Waals surface area contributed by atoms with Crippen LogP contribution in [0.5, 0.6) is 5.75 Å². The first-order valence-corrected chi connectivity index (χ1v) is 12.9. The molecule has 0 fully saturated rings. The SMILES string of the molecule is C=C(O)Cc1ccc(N=Nc2cc(CCN)c(COC(=O)C(=C)C)cc2OCCC2=CC=CC(=C)C2=O)c(N)c1N. The summed E-state index contributed by atoms with van der Waals surface area (Å²) in [4.78, 5) is 24.4. The van der Waals surface area contributed by atoms with Gasteiger partial charge >= 0.3 is 5.97 Å². The largest absolute Gasteiger partial charge is 0.513 e. The number of ether oxygens (including phenoxy) is 2. The van der Waals surface area contributed by atoms with Crippen molar-refractivity contribution in [2.45, 2.75) is 32.8 Å². The second-order valence-corrected chi connectivity index (χ2v) is 9.50. The van der Waals surface area contributed by atoms with Crippen LogP contribution < -0.4 is 21.9 Å². The molecule has 0 unspecified atom stereocenters. The van der Waals surface area contributed by atoms with Crippen molar-refractivity contribution in [1.82, 2.24) is 0 Å². The smallest absolute Gasteiger partial charge is 0.333 e. The van der Waals surface area contributed by atoms with Crippen LogP contribution in [0, 0.1) is 0 Å². The molecule has 0 saturated heterocycles. The minimum Gasteiger partial charge on any atom is -0.513 e. The number of anilines is 2. The van der Waals surface area contributed by atoms with E-state index >= 15 is 0 Å². The molecule has 10 nitrogen and oxygen atoms in total. The number of aliphatic hydroxyl groups is 1. The predicted octanol–water partition coefficient (Wildman–Crippen LogP) is 5.39. The first kappa shape index (κ1) is 30.6. The summed E-state index contributed by atoms with van der Waals surface area (Å²) >= 11 is 0. The van der Waals surface area contributed by atoms with Crippen LogP contribution in [-0.4, -0.2) is 30.0 Å². The fourth-order valence-corrected chi connectivity index (χ4v) is 3.98. The van der Waals surface area contributed by atoms with Crippen molar-refractivity contribution >= 4 is 34.5 Å². The average molecular weight is 558 g/mol. The maximum Gasteiger partial charge on any atom is 0.333 e. The van der Waals surface area contributed by atoms with E-state index in [0.717, 1.165) is 5.56 Å². The van der Waals surface area contributed by atoms with Gasteiger partial charge in [-0.3, -0.25) is 4.79 Å². The third-order valence-electron chi connectivity index (χ3n) is 6.22. The van der Waals surface area contributed by atoms with Crippen LogP contribution in [0.15, 0.2) is 94.9 Å². The quantitative estimate of drug-likeness (QED) is 0.0833. The van der Waals surface area contributed by atoms with E-state index in [9.17, 15) is 14.7 Å². The molecule has 0 atom stereocenters. The number of esters is 1. The van der Waals surface area contributed by atoms with Gasteiger partial charge in [0.05, 0.1) is 23.7 Å². The lowest BCUT2D eigenvalue weighted by atomic mass is 9.97. The van der Waals surface area contributed by atoms with Crippen LogP contribution in [0.3, 0.4) is 0 Å². The molecular formula is C31H35N5O5. The van der Waals surface area contributed by atoms with Gasteiger partial charge in [-0.25, -0.2) is 4.79 Å². The van der Waals surface area contributed by atoms with Gasteiger partial charge in [0.2, 0.25) is 0 Å². The topological polar surface area (TPSA) is 176 Å². The molecule has 0 saturated carbocycles. The second kappa shape index (κ2) is 13.9. The summed E-state index contributed by atoms with van der Waals surface area (Å²) in [5.74, 6) is -0.344. The number of carbonyl (C=O) groups excluding carboxylic acids is 2. The van der Waals surface area contributed by atoms with Gasteiger partial charge in [0.25, 0.3) is 0 Å². The van der Waals surface area contributed by atoms with E-state index in [4.69, 9.17) is 26.7 Å². The first-order valence-electron chi connectivity index (χ1n) is 12.9. The van der Waals surface area contributed by atoms with Crippen LogP contribution in [0.4, 0.5) is 22.7 Å². The summed E-state index contributed by atoms with van der Waals surface area (Å²) < 4.78 is 11.5. The zero-order valence-electron chi connectivity index (χ0n) is 23.1. The van der Waals surface area contributed by atoms with Gasteiger partial charge in [0, 0.05) is 29.6 Å². The van der Waals surface area contributed by atoms with Crippen LogP contribution >= 0.6 is 0 Å².